The first kappa shape index (κ1) is 16.7. The quantitative estimate of drug-likeness (QED) is 0.609. The van der Waals surface area contributed by atoms with Crippen LogP contribution in [0.15, 0.2) is 23.2 Å². The van der Waals surface area contributed by atoms with E-state index in [9.17, 15) is 19.7 Å². The van der Waals surface area contributed by atoms with Gasteiger partial charge < -0.3 is 15.8 Å². The van der Waals surface area contributed by atoms with Crippen molar-refractivity contribution >= 4 is 40.1 Å². The third-order valence-electron chi connectivity index (χ3n) is 2.88. The number of thioether (sulfide) groups is 1. The highest BCUT2D eigenvalue weighted by Gasteiger charge is 2.28. The minimum atomic E-state index is -0.704. The van der Waals surface area contributed by atoms with Crippen molar-refractivity contribution in [1.29, 1.82) is 0 Å². The number of amides is 2. The summed E-state index contributed by atoms with van der Waals surface area (Å²) in [6.07, 6.45) is -0.0614. The Balaban J connectivity index is 2.18. The van der Waals surface area contributed by atoms with Crippen molar-refractivity contribution in [1.82, 2.24) is 0 Å². The van der Waals surface area contributed by atoms with Gasteiger partial charge in [0.15, 0.2) is 5.17 Å². The number of carbonyl (C=O) groups excluding carboxylic acids is 2. The van der Waals surface area contributed by atoms with E-state index in [2.05, 4.69) is 10.3 Å². The second-order valence-electron chi connectivity index (χ2n) is 4.51. The van der Waals surface area contributed by atoms with E-state index in [1.165, 1.54) is 18.2 Å². The molecule has 1 atom stereocenters. The minimum Gasteiger partial charge on any atom is -0.491 e. The number of nitrogens with one attached hydrogen (secondary N) is 1. The third kappa shape index (κ3) is 4.19. The molecule has 9 nitrogen and oxygen atoms in total. The number of hydrogen-bond acceptors (Lipinski definition) is 7. The van der Waals surface area contributed by atoms with Gasteiger partial charge in [-0.1, -0.05) is 11.8 Å². The summed E-state index contributed by atoms with van der Waals surface area (Å²) in [5.41, 5.74) is 5.63. The molecule has 0 unspecified atom stereocenters. The van der Waals surface area contributed by atoms with Gasteiger partial charge >= 0.3 is 0 Å². The van der Waals surface area contributed by atoms with Crippen LogP contribution in [0.4, 0.5) is 11.4 Å². The second kappa shape index (κ2) is 7.09. The summed E-state index contributed by atoms with van der Waals surface area (Å²) in [7, 11) is 0. The maximum absolute atomic E-state index is 12.2. The van der Waals surface area contributed by atoms with E-state index in [0.717, 1.165) is 11.8 Å². The van der Waals surface area contributed by atoms with Crippen LogP contribution in [0, 0.1) is 10.1 Å². The Bertz CT molecular complexity index is 691. The van der Waals surface area contributed by atoms with E-state index < -0.39 is 22.0 Å². The number of amidine groups is 1. The van der Waals surface area contributed by atoms with Gasteiger partial charge in [0.2, 0.25) is 11.8 Å². The van der Waals surface area contributed by atoms with Gasteiger partial charge in [-0.05, 0) is 13.0 Å². The molecule has 0 aliphatic carbocycles. The van der Waals surface area contributed by atoms with E-state index in [1.807, 2.05) is 0 Å². The van der Waals surface area contributed by atoms with Crippen LogP contribution in [0.1, 0.15) is 13.3 Å². The van der Waals surface area contributed by atoms with Crippen LogP contribution in [-0.2, 0) is 9.59 Å². The maximum atomic E-state index is 12.2. The summed E-state index contributed by atoms with van der Waals surface area (Å²) in [4.78, 5) is 37.4. The molecule has 1 aromatic carbocycles. The Morgan fingerprint density at radius 3 is 2.96 bits per heavy atom. The molecule has 0 saturated heterocycles. The topological polar surface area (TPSA) is 137 Å². The van der Waals surface area contributed by atoms with Crippen molar-refractivity contribution < 1.29 is 19.2 Å². The average Bonchev–Trinajstić information content (AvgIpc) is 2.48. The molecule has 10 heteroatoms. The van der Waals surface area contributed by atoms with Crippen molar-refractivity contribution in [3.63, 3.8) is 0 Å². The number of rotatable bonds is 5. The summed E-state index contributed by atoms with van der Waals surface area (Å²) < 4.78 is 5.32. The highest BCUT2D eigenvalue weighted by atomic mass is 32.2. The van der Waals surface area contributed by atoms with Gasteiger partial charge in [-0.15, -0.1) is 0 Å². The molecule has 2 rings (SSSR count). The molecule has 1 heterocycles. The van der Waals surface area contributed by atoms with Gasteiger partial charge in [0.05, 0.1) is 29.7 Å². The lowest BCUT2D eigenvalue weighted by atomic mass is 10.2. The summed E-state index contributed by atoms with van der Waals surface area (Å²) in [5, 5.41) is 12.7. The van der Waals surface area contributed by atoms with Gasteiger partial charge in [0.25, 0.3) is 5.69 Å². The van der Waals surface area contributed by atoms with Crippen LogP contribution in [-0.4, -0.2) is 33.8 Å². The van der Waals surface area contributed by atoms with E-state index in [1.54, 1.807) is 6.92 Å². The summed E-state index contributed by atoms with van der Waals surface area (Å²) >= 11 is 0.991. The number of ether oxygens (including phenoxy) is 1. The molecule has 0 bridgehead atoms. The maximum Gasteiger partial charge on any atom is 0.273 e. The molecule has 0 spiro atoms. The van der Waals surface area contributed by atoms with E-state index >= 15 is 0 Å². The molecule has 0 saturated carbocycles. The summed E-state index contributed by atoms with van der Waals surface area (Å²) in [5.74, 6) is -0.727. The van der Waals surface area contributed by atoms with Crippen LogP contribution in [0.3, 0.4) is 0 Å². The largest absolute Gasteiger partial charge is 0.491 e. The van der Waals surface area contributed by atoms with Crippen molar-refractivity contribution in [2.45, 2.75) is 18.6 Å². The summed E-state index contributed by atoms with van der Waals surface area (Å²) in [6, 6.07) is 3.87. The number of aliphatic imine (C=N–C) groups is 1. The first-order valence-electron chi connectivity index (χ1n) is 6.66. The number of non-ortho nitro benzene ring substituents is 1. The number of hydrogen-bond donors (Lipinski definition) is 2. The fourth-order valence-corrected chi connectivity index (χ4v) is 2.74. The zero-order chi connectivity index (χ0) is 17.0. The molecule has 0 aromatic heterocycles. The number of nitrogens with two attached hydrogens (primary N) is 1. The Kier molecular flexibility index (Phi) is 5.16. The zero-order valence-electron chi connectivity index (χ0n) is 12.1. The van der Waals surface area contributed by atoms with Crippen LogP contribution < -0.4 is 15.8 Å². The number of nitrogens with zero attached hydrogens (tertiary/aromatic N) is 2. The van der Waals surface area contributed by atoms with Crippen molar-refractivity contribution in [3.05, 3.63) is 28.3 Å². The Morgan fingerprint density at radius 1 is 1.61 bits per heavy atom. The molecular formula is C13H14N4O5S. The standard InChI is InChI=1S/C13H14N4O5S/c1-2-22-9-5-7(17(20)21)3-4-8(9)15-12(19)10-6-11(18)16-13(14)23-10/h3-5,10H,2,6H2,1H3,(H,15,19)(H2,14,16,18)/t10-/m0/s1. The SMILES string of the molecule is CCOc1cc([N+](=O)[O-])ccc1NC(=O)[C@@H]1CC(=O)N=C(N)S1. The minimum absolute atomic E-state index is 0.0372. The van der Waals surface area contributed by atoms with Crippen LogP contribution >= 0.6 is 11.8 Å². The van der Waals surface area contributed by atoms with Crippen LogP contribution in [0.5, 0.6) is 5.75 Å². The third-order valence-corrected chi connectivity index (χ3v) is 3.88. The van der Waals surface area contributed by atoms with Crippen molar-refractivity contribution in [2.75, 3.05) is 11.9 Å². The number of benzene rings is 1. The molecule has 0 fully saturated rings. The fraction of sp³-hybridized carbons (Fsp3) is 0.308. The molecule has 1 aromatic rings. The molecule has 1 aliphatic rings. The van der Waals surface area contributed by atoms with Crippen LogP contribution in [0.25, 0.3) is 0 Å². The molecule has 23 heavy (non-hydrogen) atoms. The number of nitro groups is 1. The zero-order valence-corrected chi connectivity index (χ0v) is 13.0. The predicted octanol–water partition coefficient (Wildman–Crippen LogP) is 1.28. The van der Waals surface area contributed by atoms with Gasteiger partial charge in [-0.25, -0.2) is 0 Å². The predicted molar refractivity (Wildman–Crippen MR) is 85.5 cm³/mol. The smallest absolute Gasteiger partial charge is 0.273 e. The van der Waals surface area contributed by atoms with E-state index in [-0.39, 0.29) is 35.3 Å². The first-order valence-corrected chi connectivity index (χ1v) is 7.54. The summed E-state index contributed by atoms with van der Waals surface area (Å²) in [6.45, 7) is 2.00. The molecule has 3 N–H and O–H groups in total. The Morgan fingerprint density at radius 2 is 2.35 bits per heavy atom. The van der Waals surface area contributed by atoms with Crippen molar-refractivity contribution in [2.24, 2.45) is 10.7 Å². The Labute approximate surface area is 135 Å². The average molecular weight is 338 g/mol. The normalized spacial score (nSPS) is 17.3. The highest BCUT2D eigenvalue weighted by molar-refractivity contribution is 8.15. The van der Waals surface area contributed by atoms with Crippen molar-refractivity contribution in [3.8, 4) is 5.75 Å². The van der Waals surface area contributed by atoms with Crippen LogP contribution in [0.2, 0.25) is 0 Å². The number of nitro benzene ring substituents is 1. The number of carbonyl (C=O) groups is 2. The monoisotopic (exact) mass is 338 g/mol. The molecule has 2 amide bonds. The van der Waals surface area contributed by atoms with Gasteiger partial charge in [-0.3, -0.25) is 19.7 Å². The lowest BCUT2D eigenvalue weighted by molar-refractivity contribution is -0.384. The molecular weight excluding hydrogens is 324 g/mol. The number of anilines is 1. The lowest BCUT2D eigenvalue weighted by Crippen LogP contribution is -2.33. The lowest BCUT2D eigenvalue weighted by Gasteiger charge is -2.18. The fourth-order valence-electron chi connectivity index (χ4n) is 1.90. The first-order chi connectivity index (χ1) is 10.9. The molecule has 1 aliphatic heterocycles. The molecule has 122 valence electrons. The van der Waals surface area contributed by atoms with E-state index in [0.29, 0.717) is 0 Å². The molecule has 0 radical (unpaired) electrons. The van der Waals surface area contributed by atoms with Gasteiger partial charge in [-0.2, -0.15) is 4.99 Å². The van der Waals surface area contributed by atoms with E-state index in [4.69, 9.17) is 10.5 Å². The van der Waals surface area contributed by atoms with Gasteiger partial charge in [0.1, 0.15) is 11.0 Å². The van der Waals surface area contributed by atoms with Gasteiger partial charge in [0, 0.05) is 6.07 Å². The Hall–Kier alpha value is -2.62. The highest BCUT2D eigenvalue weighted by Crippen LogP contribution is 2.31. The second-order valence-corrected chi connectivity index (χ2v) is 5.74.